The molecule has 7 nitrogen and oxygen atoms in total. The van der Waals surface area contributed by atoms with E-state index in [1.807, 2.05) is 48.7 Å². The number of aromatic amines is 1. The number of fused-ring (bicyclic) bond motifs is 3. The molecule has 2 heterocycles. The predicted octanol–water partition coefficient (Wildman–Crippen LogP) is 4.55. The third-order valence-corrected chi connectivity index (χ3v) is 3.99. The third-order valence-electron chi connectivity index (χ3n) is 3.99. The molecular weight excluding hydrogens is 346 g/mol. The smallest absolute Gasteiger partial charge is 0.291 e. The standard InChI is InChI=1S/C20H16N2O.HNO3/c1-23-15-8-9-16-17-11-12-21-18(20(17)22-19(16)13-15)10-7-14-5-3-2-4-6-14;2-1(3)4/h2-13,22H,1H3;(H,2,3,4)/b10-7+;. The fraction of sp³-hybridized carbons (Fsp3) is 0.0500. The Labute approximate surface area is 154 Å². The van der Waals surface area contributed by atoms with Crippen molar-refractivity contribution in [1.29, 1.82) is 0 Å². The van der Waals surface area contributed by atoms with Gasteiger partial charge in [-0.05, 0) is 29.8 Å². The maximum Gasteiger partial charge on any atom is 0.291 e. The van der Waals surface area contributed by atoms with E-state index in [0.717, 1.165) is 28.0 Å². The Morgan fingerprint density at radius 3 is 2.56 bits per heavy atom. The highest BCUT2D eigenvalue weighted by molar-refractivity contribution is 6.09. The summed E-state index contributed by atoms with van der Waals surface area (Å²) in [7, 11) is 1.68. The molecule has 0 saturated heterocycles. The van der Waals surface area contributed by atoms with Crippen LogP contribution in [0.2, 0.25) is 0 Å². The minimum atomic E-state index is -1.50. The van der Waals surface area contributed by atoms with Gasteiger partial charge in [0.05, 0.1) is 23.8 Å². The van der Waals surface area contributed by atoms with Crippen LogP contribution in [0.15, 0.2) is 60.8 Å². The van der Waals surface area contributed by atoms with Crippen LogP contribution in [-0.2, 0) is 0 Å². The van der Waals surface area contributed by atoms with E-state index in [1.165, 1.54) is 10.8 Å². The van der Waals surface area contributed by atoms with Crippen LogP contribution in [0.5, 0.6) is 5.75 Å². The van der Waals surface area contributed by atoms with Crippen molar-refractivity contribution in [3.63, 3.8) is 0 Å². The topological polar surface area (TPSA) is 101 Å². The van der Waals surface area contributed by atoms with Crippen LogP contribution in [0, 0.1) is 10.1 Å². The molecule has 136 valence electrons. The first-order valence-electron chi connectivity index (χ1n) is 8.09. The molecule has 0 radical (unpaired) electrons. The van der Waals surface area contributed by atoms with Crippen molar-refractivity contribution in [2.45, 2.75) is 0 Å². The first-order valence-corrected chi connectivity index (χ1v) is 8.09. The minimum absolute atomic E-state index is 0.846. The molecular formula is C20H17N3O4. The van der Waals surface area contributed by atoms with Crippen LogP contribution in [0.1, 0.15) is 11.3 Å². The molecule has 0 saturated carbocycles. The summed E-state index contributed by atoms with van der Waals surface area (Å²) >= 11 is 0. The highest BCUT2D eigenvalue weighted by Crippen LogP contribution is 2.29. The van der Waals surface area contributed by atoms with Crippen LogP contribution in [0.4, 0.5) is 0 Å². The summed E-state index contributed by atoms with van der Waals surface area (Å²) < 4.78 is 5.30. The van der Waals surface area contributed by atoms with Gasteiger partial charge in [-0.1, -0.05) is 36.4 Å². The first-order chi connectivity index (χ1) is 13.1. The summed E-state index contributed by atoms with van der Waals surface area (Å²) in [5, 5.41) is 16.0. The molecule has 0 atom stereocenters. The molecule has 0 fully saturated rings. The lowest BCUT2D eigenvalue weighted by Gasteiger charge is -1.98. The van der Waals surface area contributed by atoms with E-state index in [9.17, 15) is 0 Å². The molecule has 4 aromatic rings. The lowest BCUT2D eigenvalue weighted by atomic mass is 10.1. The average molecular weight is 363 g/mol. The number of nitrogens with one attached hydrogen (secondary N) is 1. The molecule has 0 aliphatic rings. The summed E-state index contributed by atoms with van der Waals surface area (Å²) in [6.07, 6.45) is 5.97. The Hall–Kier alpha value is -3.87. The van der Waals surface area contributed by atoms with Crippen LogP contribution >= 0.6 is 0 Å². The van der Waals surface area contributed by atoms with Crippen molar-refractivity contribution >= 4 is 34.0 Å². The van der Waals surface area contributed by atoms with E-state index in [2.05, 4.69) is 34.2 Å². The Kier molecular flexibility index (Phi) is 5.32. The number of nitrogens with zero attached hydrogens (tertiary/aromatic N) is 2. The number of methoxy groups -OCH3 is 1. The van der Waals surface area contributed by atoms with Crippen molar-refractivity contribution in [2.75, 3.05) is 7.11 Å². The maximum atomic E-state index is 8.36. The SMILES string of the molecule is COc1ccc2c(c1)[nH]c1c(/C=C/c3ccccc3)nccc12.O=[N+]([O-])O. The zero-order chi connectivity index (χ0) is 19.2. The summed E-state index contributed by atoms with van der Waals surface area (Å²) in [5.41, 5.74) is 4.19. The van der Waals surface area contributed by atoms with Crippen molar-refractivity contribution < 1.29 is 15.0 Å². The van der Waals surface area contributed by atoms with Gasteiger partial charge in [0.15, 0.2) is 0 Å². The van der Waals surface area contributed by atoms with Crippen molar-refractivity contribution in [1.82, 2.24) is 9.97 Å². The zero-order valence-electron chi connectivity index (χ0n) is 14.5. The fourth-order valence-electron chi connectivity index (χ4n) is 2.82. The normalized spacial score (nSPS) is 10.7. The Bertz CT molecular complexity index is 1100. The van der Waals surface area contributed by atoms with Gasteiger partial charge in [-0.25, -0.2) is 0 Å². The molecule has 2 N–H and O–H groups in total. The molecule has 2 aromatic carbocycles. The highest BCUT2D eigenvalue weighted by atomic mass is 16.9. The van der Waals surface area contributed by atoms with Gasteiger partial charge in [0.2, 0.25) is 0 Å². The van der Waals surface area contributed by atoms with Gasteiger partial charge in [0.1, 0.15) is 5.75 Å². The number of hydrogen-bond donors (Lipinski definition) is 2. The number of benzene rings is 2. The molecule has 2 aromatic heterocycles. The molecule has 7 heteroatoms. The number of ether oxygens (including phenoxy) is 1. The number of rotatable bonds is 3. The van der Waals surface area contributed by atoms with Crippen LogP contribution in [0.3, 0.4) is 0 Å². The highest BCUT2D eigenvalue weighted by Gasteiger charge is 2.08. The average Bonchev–Trinajstić information content (AvgIpc) is 3.05. The van der Waals surface area contributed by atoms with Gasteiger partial charge in [-0.2, -0.15) is 0 Å². The van der Waals surface area contributed by atoms with Gasteiger partial charge < -0.3 is 14.9 Å². The summed E-state index contributed by atoms with van der Waals surface area (Å²) in [6.45, 7) is 0. The van der Waals surface area contributed by atoms with E-state index in [0.29, 0.717) is 0 Å². The second-order valence-corrected chi connectivity index (χ2v) is 5.64. The molecule has 0 bridgehead atoms. The molecule has 0 aliphatic heterocycles. The number of pyridine rings is 1. The number of H-pyrrole nitrogens is 1. The van der Waals surface area contributed by atoms with Crippen LogP contribution in [0.25, 0.3) is 34.0 Å². The van der Waals surface area contributed by atoms with Gasteiger partial charge >= 0.3 is 0 Å². The van der Waals surface area contributed by atoms with E-state index in [4.69, 9.17) is 20.1 Å². The Morgan fingerprint density at radius 2 is 1.85 bits per heavy atom. The number of aromatic nitrogens is 2. The van der Waals surface area contributed by atoms with Gasteiger partial charge in [-0.3, -0.25) is 4.98 Å². The van der Waals surface area contributed by atoms with Gasteiger partial charge in [0.25, 0.3) is 5.09 Å². The lowest BCUT2D eigenvalue weighted by Crippen LogP contribution is -1.82. The van der Waals surface area contributed by atoms with Crippen molar-refractivity contribution in [3.8, 4) is 5.75 Å². The Balaban J connectivity index is 0.000000481. The molecule has 4 rings (SSSR count). The van der Waals surface area contributed by atoms with E-state index < -0.39 is 5.09 Å². The molecule has 0 amide bonds. The minimum Gasteiger partial charge on any atom is -0.497 e. The summed E-state index contributed by atoms with van der Waals surface area (Å²) in [5.74, 6) is 0.846. The monoisotopic (exact) mass is 363 g/mol. The third kappa shape index (κ3) is 4.21. The second kappa shape index (κ2) is 8.01. The number of hydrogen-bond acceptors (Lipinski definition) is 4. The van der Waals surface area contributed by atoms with E-state index >= 15 is 0 Å². The van der Waals surface area contributed by atoms with Gasteiger partial charge in [0, 0.05) is 23.0 Å². The predicted molar refractivity (Wildman–Crippen MR) is 104 cm³/mol. The first kappa shape index (κ1) is 17.9. The molecule has 27 heavy (non-hydrogen) atoms. The van der Waals surface area contributed by atoms with Crippen molar-refractivity contribution in [2.24, 2.45) is 0 Å². The summed E-state index contributed by atoms with van der Waals surface area (Å²) in [6, 6.07) is 18.3. The fourth-order valence-corrected chi connectivity index (χ4v) is 2.82. The van der Waals surface area contributed by atoms with Crippen LogP contribution in [-0.4, -0.2) is 27.4 Å². The van der Waals surface area contributed by atoms with E-state index in [1.54, 1.807) is 7.11 Å². The van der Waals surface area contributed by atoms with Crippen LogP contribution < -0.4 is 4.74 Å². The summed E-state index contributed by atoms with van der Waals surface area (Å²) in [4.78, 5) is 16.3. The lowest BCUT2D eigenvalue weighted by molar-refractivity contribution is -0.742. The molecule has 0 spiro atoms. The maximum absolute atomic E-state index is 8.36. The molecule has 0 unspecified atom stereocenters. The largest absolute Gasteiger partial charge is 0.497 e. The van der Waals surface area contributed by atoms with E-state index in [-0.39, 0.29) is 0 Å². The quantitative estimate of drug-likeness (QED) is 0.411. The van der Waals surface area contributed by atoms with Gasteiger partial charge in [-0.15, -0.1) is 10.1 Å². The Morgan fingerprint density at radius 1 is 1.11 bits per heavy atom. The second-order valence-electron chi connectivity index (χ2n) is 5.64. The molecule has 0 aliphatic carbocycles. The van der Waals surface area contributed by atoms with Crippen molar-refractivity contribution in [3.05, 3.63) is 82.2 Å². The zero-order valence-corrected chi connectivity index (χ0v) is 14.5.